The molecule has 3 heterocycles. The number of anilines is 1. The largest absolute Gasteiger partial charge is 0.361 e. The Morgan fingerprint density at radius 3 is 3.12 bits per heavy atom. The molecule has 0 saturated carbocycles. The van der Waals surface area contributed by atoms with Crippen molar-refractivity contribution in [2.75, 3.05) is 18.9 Å². The van der Waals surface area contributed by atoms with Crippen molar-refractivity contribution in [2.24, 2.45) is 5.92 Å². The summed E-state index contributed by atoms with van der Waals surface area (Å²) < 4.78 is 4.25. The Hall–Kier alpha value is -2.18. The average Bonchev–Trinajstić information content (AvgIpc) is 3.23. The molecule has 134 valence electrons. The summed E-state index contributed by atoms with van der Waals surface area (Å²) in [6.45, 7) is 2.75. The number of fused-ring (bicyclic) bond motifs is 2. The van der Waals surface area contributed by atoms with Crippen molar-refractivity contribution in [1.29, 1.82) is 0 Å². The second-order valence-electron chi connectivity index (χ2n) is 7.66. The number of hydrogen-bond donors (Lipinski definition) is 2. The quantitative estimate of drug-likeness (QED) is 0.729. The van der Waals surface area contributed by atoms with E-state index in [1.165, 1.54) is 33.6 Å². The Labute approximate surface area is 156 Å². The van der Waals surface area contributed by atoms with Gasteiger partial charge in [-0.2, -0.15) is 4.37 Å². The first kappa shape index (κ1) is 16.0. The second kappa shape index (κ2) is 5.93. The molecule has 0 unspecified atom stereocenters. The van der Waals surface area contributed by atoms with E-state index in [-0.39, 0.29) is 11.8 Å². The molecule has 1 aliphatic heterocycles. The Morgan fingerprint density at radius 1 is 1.42 bits per heavy atom. The summed E-state index contributed by atoms with van der Waals surface area (Å²) in [5, 5.41) is 5.29. The summed E-state index contributed by atoms with van der Waals surface area (Å²) in [6.07, 6.45) is 4.12. The van der Waals surface area contributed by atoms with Crippen LogP contribution in [0.5, 0.6) is 0 Å². The van der Waals surface area contributed by atoms with Gasteiger partial charge in [0.15, 0.2) is 0 Å². The van der Waals surface area contributed by atoms with Crippen LogP contribution in [0, 0.1) is 12.8 Å². The highest BCUT2D eigenvalue weighted by Crippen LogP contribution is 2.44. The van der Waals surface area contributed by atoms with E-state index in [9.17, 15) is 4.79 Å². The number of nitrogens with one attached hydrogen (secondary N) is 2. The predicted octanol–water partition coefficient (Wildman–Crippen LogP) is 3.53. The molecule has 1 aliphatic carbocycles. The number of nitrogens with zero attached hydrogens (tertiary/aromatic N) is 2. The van der Waals surface area contributed by atoms with Crippen molar-refractivity contribution < 1.29 is 4.79 Å². The summed E-state index contributed by atoms with van der Waals surface area (Å²) in [5.41, 5.74) is 4.97. The lowest BCUT2D eigenvalue weighted by Crippen LogP contribution is -2.50. The molecule has 3 aromatic rings. The van der Waals surface area contributed by atoms with Gasteiger partial charge in [0.1, 0.15) is 5.00 Å². The van der Waals surface area contributed by atoms with E-state index in [0.717, 1.165) is 30.1 Å². The molecule has 1 amide bonds. The monoisotopic (exact) mass is 366 g/mol. The van der Waals surface area contributed by atoms with Gasteiger partial charge < -0.3 is 15.2 Å². The lowest BCUT2D eigenvalue weighted by molar-refractivity contribution is -0.122. The second-order valence-corrected chi connectivity index (χ2v) is 8.46. The van der Waals surface area contributed by atoms with E-state index >= 15 is 0 Å². The van der Waals surface area contributed by atoms with E-state index in [2.05, 4.69) is 51.0 Å². The highest BCUT2D eigenvalue weighted by molar-refractivity contribution is 7.10. The first-order chi connectivity index (χ1) is 12.6. The number of amides is 1. The number of aromatic amines is 1. The lowest BCUT2D eigenvalue weighted by atomic mass is 9.72. The number of aryl methyl sites for hydroxylation is 1. The Balaban J connectivity index is 1.44. The van der Waals surface area contributed by atoms with Gasteiger partial charge in [0.2, 0.25) is 5.91 Å². The van der Waals surface area contributed by atoms with Crippen molar-refractivity contribution >= 4 is 33.3 Å². The average molecular weight is 366 g/mol. The molecule has 1 fully saturated rings. The minimum Gasteiger partial charge on any atom is -0.361 e. The van der Waals surface area contributed by atoms with E-state index in [1.54, 1.807) is 0 Å². The van der Waals surface area contributed by atoms with Gasteiger partial charge in [-0.3, -0.25) is 4.79 Å². The summed E-state index contributed by atoms with van der Waals surface area (Å²) in [5.74, 6) is 0.519. The molecule has 26 heavy (non-hydrogen) atoms. The van der Waals surface area contributed by atoms with Crippen molar-refractivity contribution in [3.63, 3.8) is 0 Å². The maximum atomic E-state index is 12.9. The fourth-order valence-electron chi connectivity index (χ4n) is 4.78. The van der Waals surface area contributed by atoms with Gasteiger partial charge in [-0.05, 0) is 61.6 Å². The van der Waals surface area contributed by atoms with Gasteiger partial charge in [-0.25, -0.2) is 0 Å². The Morgan fingerprint density at radius 2 is 2.31 bits per heavy atom. The van der Waals surface area contributed by atoms with E-state index in [4.69, 9.17) is 0 Å². The fourth-order valence-corrected chi connectivity index (χ4v) is 5.44. The smallest absolute Gasteiger partial charge is 0.229 e. The minimum absolute atomic E-state index is 0.000552. The number of H-pyrrole nitrogens is 1. The highest BCUT2D eigenvalue weighted by atomic mass is 32.1. The number of likely N-dealkylation sites (N-methyl/N-ethyl adjacent to an activating group) is 1. The molecule has 6 heteroatoms. The van der Waals surface area contributed by atoms with Crippen LogP contribution in [-0.2, 0) is 11.2 Å². The predicted molar refractivity (Wildman–Crippen MR) is 105 cm³/mol. The zero-order valence-corrected chi connectivity index (χ0v) is 15.8. The van der Waals surface area contributed by atoms with E-state index in [0.29, 0.717) is 12.0 Å². The zero-order chi connectivity index (χ0) is 17.8. The number of carbonyl (C=O) groups is 1. The molecule has 1 aromatic carbocycles. The van der Waals surface area contributed by atoms with Gasteiger partial charge in [0, 0.05) is 35.6 Å². The van der Waals surface area contributed by atoms with E-state index < -0.39 is 0 Å². The first-order valence-corrected chi connectivity index (χ1v) is 9.91. The summed E-state index contributed by atoms with van der Waals surface area (Å²) in [7, 11) is 2.16. The van der Waals surface area contributed by atoms with Gasteiger partial charge in [0.25, 0.3) is 0 Å². The summed E-state index contributed by atoms with van der Waals surface area (Å²) in [4.78, 5) is 18.7. The van der Waals surface area contributed by atoms with Gasteiger partial charge in [-0.15, -0.1) is 0 Å². The van der Waals surface area contributed by atoms with Gasteiger partial charge in [-0.1, -0.05) is 12.1 Å². The number of benzene rings is 1. The van der Waals surface area contributed by atoms with Crippen molar-refractivity contribution in [3.05, 3.63) is 47.3 Å². The highest BCUT2D eigenvalue weighted by Gasteiger charge is 2.41. The van der Waals surface area contributed by atoms with Crippen LogP contribution in [0.4, 0.5) is 5.00 Å². The van der Waals surface area contributed by atoms with Crippen LogP contribution in [0.2, 0.25) is 0 Å². The Bertz CT molecular complexity index is 991. The molecule has 0 bridgehead atoms. The molecule has 5 rings (SSSR count). The maximum absolute atomic E-state index is 12.9. The molecule has 5 nitrogen and oxygen atoms in total. The van der Waals surface area contributed by atoms with Crippen molar-refractivity contribution in [1.82, 2.24) is 14.3 Å². The van der Waals surface area contributed by atoms with Crippen LogP contribution in [0.3, 0.4) is 0 Å². The number of aromatic nitrogens is 2. The van der Waals surface area contributed by atoms with Gasteiger partial charge in [0.05, 0.1) is 11.6 Å². The third-order valence-electron chi connectivity index (χ3n) is 5.97. The van der Waals surface area contributed by atoms with Crippen LogP contribution >= 0.6 is 11.5 Å². The van der Waals surface area contributed by atoms with Crippen LogP contribution in [0.15, 0.2) is 30.5 Å². The SMILES string of the molecule is Cc1cc(NC(=O)[C@@H]2C[C@@H]3c4cccc5[nH]cc(c45)C[C@H]3N(C)C2)sn1. The van der Waals surface area contributed by atoms with Crippen LogP contribution in [0.25, 0.3) is 10.9 Å². The number of carbonyl (C=O) groups excluding carboxylic acids is 1. The molecule has 0 radical (unpaired) electrons. The number of piperidine rings is 1. The van der Waals surface area contributed by atoms with Gasteiger partial charge >= 0.3 is 0 Å². The topological polar surface area (TPSA) is 61.0 Å². The molecule has 2 N–H and O–H groups in total. The molecular weight excluding hydrogens is 344 g/mol. The number of hydrogen-bond acceptors (Lipinski definition) is 4. The van der Waals surface area contributed by atoms with Crippen molar-refractivity contribution in [2.45, 2.75) is 31.7 Å². The summed E-state index contributed by atoms with van der Waals surface area (Å²) >= 11 is 1.35. The number of rotatable bonds is 2. The molecule has 1 saturated heterocycles. The molecular formula is C20H22N4OS. The first-order valence-electron chi connectivity index (χ1n) is 9.13. The maximum Gasteiger partial charge on any atom is 0.229 e. The van der Waals surface area contributed by atoms with Crippen molar-refractivity contribution in [3.8, 4) is 0 Å². The molecule has 0 spiro atoms. The van der Waals surface area contributed by atoms with E-state index in [1.807, 2.05) is 13.0 Å². The standard InChI is InChI=1S/C20H22N4OS/c1-11-6-18(26-23-11)22-20(25)13-7-15-14-4-3-5-16-19(14)12(9-21-16)8-17(15)24(2)10-13/h3-6,9,13,15,17,21H,7-8,10H2,1-2H3,(H,22,25)/t13-,15-,17-/m1/s1. The van der Waals surface area contributed by atoms with Crippen LogP contribution in [0.1, 0.15) is 29.2 Å². The fraction of sp³-hybridized carbons (Fsp3) is 0.400. The molecule has 3 atom stereocenters. The molecule has 2 aromatic heterocycles. The minimum atomic E-state index is -0.000552. The normalized spacial score (nSPS) is 25.2. The molecule has 2 aliphatic rings. The summed E-state index contributed by atoms with van der Waals surface area (Å²) in [6, 6.07) is 8.93. The van der Waals surface area contributed by atoms with Crippen LogP contribution in [-0.4, -0.2) is 39.8 Å². The third-order valence-corrected chi connectivity index (χ3v) is 6.77. The Kier molecular flexibility index (Phi) is 3.65. The third kappa shape index (κ3) is 2.47. The lowest BCUT2D eigenvalue weighted by Gasteiger charge is -2.45. The number of likely N-dealkylation sites (tertiary alicyclic amines) is 1. The van der Waals surface area contributed by atoms with Crippen LogP contribution < -0.4 is 5.32 Å². The zero-order valence-electron chi connectivity index (χ0n) is 15.0.